The van der Waals surface area contributed by atoms with Crippen LogP contribution in [0.4, 0.5) is 5.69 Å². The number of hydrogen-bond donors (Lipinski definition) is 1. The molecular weight excluding hydrogens is 298 g/mol. The number of carbonyl (C=O) groups is 1. The number of amides is 1. The van der Waals surface area contributed by atoms with Gasteiger partial charge in [0.05, 0.1) is 0 Å². The molecule has 1 atom stereocenters. The van der Waals surface area contributed by atoms with Crippen LogP contribution in [0.3, 0.4) is 0 Å². The largest absolute Gasteiger partial charge is 0.371 e. The molecule has 0 radical (unpaired) electrons. The van der Waals surface area contributed by atoms with Crippen LogP contribution >= 0.6 is 0 Å². The van der Waals surface area contributed by atoms with E-state index >= 15 is 0 Å². The van der Waals surface area contributed by atoms with Crippen LogP contribution in [-0.4, -0.2) is 30.1 Å². The first kappa shape index (κ1) is 16.6. The summed E-state index contributed by atoms with van der Waals surface area (Å²) < 4.78 is 1.95. The van der Waals surface area contributed by atoms with Gasteiger partial charge in [0.15, 0.2) is 0 Å². The molecule has 1 aromatic heterocycles. The van der Waals surface area contributed by atoms with Crippen LogP contribution < -0.4 is 10.2 Å². The van der Waals surface area contributed by atoms with Crippen molar-refractivity contribution in [1.29, 1.82) is 0 Å². The second-order valence-electron chi connectivity index (χ2n) is 7.25. The van der Waals surface area contributed by atoms with E-state index in [1.54, 1.807) is 0 Å². The van der Waals surface area contributed by atoms with Crippen LogP contribution in [0.5, 0.6) is 0 Å². The maximum Gasteiger partial charge on any atom is 0.245 e. The highest BCUT2D eigenvalue weighted by molar-refractivity contribution is 5.83. The predicted molar refractivity (Wildman–Crippen MR) is 98.3 cm³/mol. The lowest BCUT2D eigenvalue weighted by Crippen LogP contribution is -2.45. The third-order valence-corrected chi connectivity index (χ3v) is 5.10. The fourth-order valence-electron chi connectivity index (χ4n) is 3.41. The lowest BCUT2D eigenvalue weighted by molar-refractivity contribution is -0.128. The average Bonchev–Trinajstić information content (AvgIpc) is 3.25. The van der Waals surface area contributed by atoms with Crippen LogP contribution in [0, 0.1) is 12.8 Å². The number of aromatic nitrogens is 1. The number of rotatable bonds is 5. The van der Waals surface area contributed by atoms with Gasteiger partial charge in [-0.1, -0.05) is 18.2 Å². The highest BCUT2D eigenvalue weighted by atomic mass is 16.2. The molecule has 1 amide bonds. The molecule has 1 fully saturated rings. The fourth-order valence-corrected chi connectivity index (χ4v) is 3.41. The molecule has 128 valence electrons. The van der Waals surface area contributed by atoms with E-state index in [4.69, 9.17) is 0 Å². The summed E-state index contributed by atoms with van der Waals surface area (Å²) in [5.74, 6) is 0.585. The third kappa shape index (κ3) is 3.32. The normalized spacial score (nSPS) is 18.0. The number of benzene rings is 1. The van der Waals surface area contributed by atoms with Crippen molar-refractivity contribution >= 4 is 11.6 Å². The number of carbonyl (C=O) groups excluding carboxylic acids is 1. The summed E-state index contributed by atoms with van der Waals surface area (Å²) in [5.41, 5.74) is 2.08. The van der Waals surface area contributed by atoms with Gasteiger partial charge in [-0.25, -0.2) is 0 Å². The molecule has 4 nitrogen and oxygen atoms in total. The smallest absolute Gasteiger partial charge is 0.245 e. The Kier molecular flexibility index (Phi) is 4.65. The van der Waals surface area contributed by atoms with Crippen molar-refractivity contribution in [3.05, 3.63) is 54.4 Å². The van der Waals surface area contributed by atoms with Gasteiger partial charge in [0.2, 0.25) is 5.91 Å². The maximum absolute atomic E-state index is 12.6. The van der Waals surface area contributed by atoms with Crippen molar-refractivity contribution in [3.63, 3.8) is 0 Å². The first-order chi connectivity index (χ1) is 11.5. The van der Waals surface area contributed by atoms with Crippen LogP contribution in [-0.2, 0) is 10.3 Å². The lowest BCUT2D eigenvalue weighted by Gasteiger charge is -2.26. The zero-order valence-corrected chi connectivity index (χ0v) is 14.8. The molecule has 0 bridgehead atoms. The average molecular weight is 325 g/mol. The quantitative estimate of drug-likeness (QED) is 0.917. The number of aryl methyl sites for hydroxylation is 1. The van der Waals surface area contributed by atoms with Crippen LogP contribution in [0.15, 0.2) is 48.8 Å². The van der Waals surface area contributed by atoms with E-state index in [2.05, 4.69) is 41.4 Å². The number of nitrogens with one attached hydrogen (secondary N) is 1. The molecule has 1 aliphatic rings. The van der Waals surface area contributed by atoms with Crippen molar-refractivity contribution in [1.82, 2.24) is 9.88 Å². The highest BCUT2D eigenvalue weighted by Gasteiger charge is 2.30. The Morgan fingerprint density at radius 1 is 1.21 bits per heavy atom. The van der Waals surface area contributed by atoms with Gasteiger partial charge >= 0.3 is 0 Å². The Hall–Kier alpha value is -2.23. The fraction of sp³-hybridized carbons (Fsp3) is 0.450. The summed E-state index contributed by atoms with van der Waals surface area (Å²) in [7, 11) is 0. The molecule has 1 saturated heterocycles. The number of hydrogen-bond acceptors (Lipinski definition) is 2. The number of anilines is 1. The van der Waals surface area contributed by atoms with E-state index in [9.17, 15) is 4.79 Å². The molecular formula is C20H27N3O. The zero-order chi connectivity index (χ0) is 17.2. The van der Waals surface area contributed by atoms with Gasteiger partial charge in [-0.2, -0.15) is 0 Å². The summed E-state index contributed by atoms with van der Waals surface area (Å²) in [5, 5.41) is 3.15. The van der Waals surface area contributed by atoms with Gasteiger partial charge in [-0.15, -0.1) is 0 Å². The minimum absolute atomic E-state index is 0.0769. The van der Waals surface area contributed by atoms with Crippen molar-refractivity contribution in [2.45, 2.75) is 32.7 Å². The molecule has 2 heterocycles. The summed E-state index contributed by atoms with van der Waals surface area (Å²) >= 11 is 0. The first-order valence-electron chi connectivity index (χ1n) is 8.71. The van der Waals surface area contributed by atoms with E-state index in [1.165, 1.54) is 11.3 Å². The van der Waals surface area contributed by atoms with Crippen LogP contribution in [0.1, 0.15) is 25.8 Å². The molecule has 0 spiro atoms. The van der Waals surface area contributed by atoms with Gasteiger partial charge in [0.1, 0.15) is 5.54 Å². The maximum atomic E-state index is 12.6. The Morgan fingerprint density at radius 2 is 1.92 bits per heavy atom. The third-order valence-electron chi connectivity index (χ3n) is 5.10. The molecule has 1 aliphatic heterocycles. The second kappa shape index (κ2) is 6.71. The van der Waals surface area contributed by atoms with Crippen molar-refractivity contribution < 1.29 is 4.79 Å². The number of nitrogens with zero attached hydrogens (tertiary/aromatic N) is 2. The predicted octanol–water partition coefficient (Wildman–Crippen LogP) is 3.17. The second-order valence-corrected chi connectivity index (χ2v) is 7.25. The molecule has 1 aromatic carbocycles. The summed E-state index contributed by atoms with van der Waals surface area (Å²) in [6, 6.07) is 12.4. The van der Waals surface area contributed by atoms with E-state index in [1.807, 2.05) is 42.9 Å². The van der Waals surface area contributed by atoms with E-state index in [0.29, 0.717) is 5.92 Å². The van der Waals surface area contributed by atoms with E-state index in [-0.39, 0.29) is 5.91 Å². The van der Waals surface area contributed by atoms with Gasteiger partial charge < -0.3 is 14.8 Å². The minimum atomic E-state index is -0.558. The minimum Gasteiger partial charge on any atom is -0.371 e. The standard InChI is InChI=1S/C20H27N3O/c1-16-8-4-5-9-18(16)22-13-10-17(15-22)14-21-19(24)20(2,3)23-11-6-7-12-23/h4-9,11-12,17H,10,13-15H2,1-3H3,(H,21,24). The Balaban J connectivity index is 1.55. The molecule has 24 heavy (non-hydrogen) atoms. The van der Waals surface area contributed by atoms with Gasteiger partial charge in [-0.05, 0) is 56.9 Å². The Morgan fingerprint density at radius 3 is 2.62 bits per heavy atom. The SMILES string of the molecule is Cc1ccccc1N1CCC(CNC(=O)C(C)(C)n2cccc2)C1. The first-order valence-corrected chi connectivity index (χ1v) is 8.71. The summed E-state index contributed by atoms with van der Waals surface area (Å²) in [6.45, 7) is 8.88. The number of para-hydroxylation sites is 1. The molecule has 2 aromatic rings. The van der Waals surface area contributed by atoms with Crippen molar-refractivity contribution in [3.8, 4) is 0 Å². The Labute approximate surface area is 144 Å². The van der Waals surface area contributed by atoms with Gasteiger partial charge in [-0.3, -0.25) is 4.79 Å². The molecule has 1 unspecified atom stereocenters. The summed E-state index contributed by atoms with van der Waals surface area (Å²) in [6.07, 6.45) is 5.00. The van der Waals surface area contributed by atoms with Crippen molar-refractivity contribution in [2.75, 3.05) is 24.5 Å². The molecule has 4 heteroatoms. The topological polar surface area (TPSA) is 37.3 Å². The summed E-state index contributed by atoms with van der Waals surface area (Å²) in [4.78, 5) is 15.0. The van der Waals surface area contributed by atoms with E-state index < -0.39 is 5.54 Å². The van der Waals surface area contributed by atoms with Crippen LogP contribution in [0.2, 0.25) is 0 Å². The van der Waals surface area contributed by atoms with Gasteiger partial charge in [0.25, 0.3) is 0 Å². The lowest BCUT2D eigenvalue weighted by atomic mass is 10.0. The molecule has 1 N–H and O–H groups in total. The van der Waals surface area contributed by atoms with Crippen molar-refractivity contribution in [2.24, 2.45) is 5.92 Å². The Bertz CT molecular complexity index is 691. The van der Waals surface area contributed by atoms with Gasteiger partial charge in [0, 0.05) is 37.7 Å². The zero-order valence-electron chi connectivity index (χ0n) is 14.8. The van der Waals surface area contributed by atoms with E-state index in [0.717, 1.165) is 26.1 Å². The molecule has 0 saturated carbocycles. The molecule has 3 rings (SSSR count). The molecule has 0 aliphatic carbocycles. The van der Waals surface area contributed by atoms with Crippen LogP contribution in [0.25, 0.3) is 0 Å². The highest BCUT2D eigenvalue weighted by Crippen LogP contribution is 2.26. The monoisotopic (exact) mass is 325 g/mol.